The van der Waals surface area contributed by atoms with Gasteiger partial charge in [0.15, 0.2) is 0 Å². The number of anilines is 2. The lowest BCUT2D eigenvalue weighted by atomic mass is 9.97. The second-order valence-electron chi connectivity index (χ2n) is 10.0. The first-order chi connectivity index (χ1) is 16.6. The highest BCUT2D eigenvalue weighted by atomic mass is 15.3. The van der Waals surface area contributed by atoms with Gasteiger partial charge in [-0.15, -0.1) is 0 Å². The van der Waals surface area contributed by atoms with E-state index in [1.807, 2.05) is 12.1 Å². The minimum atomic E-state index is 0.382. The largest absolute Gasteiger partial charge is 0.368 e. The fraction of sp³-hybridized carbons (Fsp3) is 0.444. The topological polar surface area (TPSA) is 80.1 Å². The van der Waals surface area contributed by atoms with Crippen LogP contribution in [-0.4, -0.2) is 59.2 Å². The maximum Gasteiger partial charge on any atom is 0.126 e. The number of rotatable bonds is 3. The molecule has 174 valence electrons. The molecular formula is C27H31N7. The third kappa shape index (κ3) is 3.67. The Morgan fingerprint density at radius 3 is 2.94 bits per heavy atom. The number of hydrogen-bond acceptors (Lipinski definition) is 7. The number of hydrogen-bond donors (Lipinski definition) is 2. The number of fused-ring (bicyclic) bond motifs is 3. The maximum atomic E-state index is 9.51. The molecular weight excluding hydrogens is 422 g/mol. The number of piperazine rings is 1. The maximum absolute atomic E-state index is 9.51. The minimum absolute atomic E-state index is 0.382. The summed E-state index contributed by atoms with van der Waals surface area (Å²) in [5.41, 5.74) is 5.36. The van der Waals surface area contributed by atoms with Gasteiger partial charge < -0.3 is 15.5 Å². The van der Waals surface area contributed by atoms with Crippen molar-refractivity contribution >= 4 is 22.4 Å². The molecule has 2 aromatic heterocycles. The molecule has 0 amide bonds. The van der Waals surface area contributed by atoms with Gasteiger partial charge in [-0.25, -0.2) is 4.98 Å². The zero-order valence-corrected chi connectivity index (χ0v) is 19.8. The van der Waals surface area contributed by atoms with Crippen molar-refractivity contribution in [1.29, 1.82) is 5.26 Å². The molecule has 0 spiro atoms. The van der Waals surface area contributed by atoms with E-state index in [-0.39, 0.29) is 0 Å². The van der Waals surface area contributed by atoms with E-state index < -0.39 is 0 Å². The molecule has 34 heavy (non-hydrogen) atoms. The molecule has 0 radical (unpaired) electrons. The van der Waals surface area contributed by atoms with E-state index in [1.54, 1.807) is 6.20 Å². The van der Waals surface area contributed by atoms with E-state index >= 15 is 0 Å². The van der Waals surface area contributed by atoms with Crippen LogP contribution in [0.5, 0.6) is 0 Å². The Labute approximate surface area is 200 Å². The van der Waals surface area contributed by atoms with Gasteiger partial charge in [0, 0.05) is 67.3 Å². The monoisotopic (exact) mass is 453 g/mol. The Hall–Kier alpha value is -3.21. The van der Waals surface area contributed by atoms with Gasteiger partial charge in [0.05, 0.1) is 11.1 Å². The van der Waals surface area contributed by atoms with Crippen molar-refractivity contribution in [2.24, 2.45) is 0 Å². The molecule has 4 atom stereocenters. The number of nitrogens with one attached hydrogen (secondary N) is 2. The Morgan fingerprint density at radius 1 is 1.15 bits per heavy atom. The summed E-state index contributed by atoms with van der Waals surface area (Å²) in [5, 5.41) is 17.9. The molecule has 0 saturated carbocycles. The summed E-state index contributed by atoms with van der Waals surface area (Å²) in [5.74, 6) is 0.993. The minimum Gasteiger partial charge on any atom is -0.368 e. The molecule has 0 bridgehead atoms. The summed E-state index contributed by atoms with van der Waals surface area (Å²) in [6, 6.07) is 14.3. The first-order valence-corrected chi connectivity index (χ1v) is 12.4. The van der Waals surface area contributed by atoms with Gasteiger partial charge in [-0.05, 0) is 74.7 Å². The highest BCUT2D eigenvalue weighted by molar-refractivity contribution is 5.95. The molecule has 5 heterocycles. The molecule has 2 N–H and O–H groups in total. The predicted molar refractivity (Wildman–Crippen MR) is 135 cm³/mol. The van der Waals surface area contributed by atoms with Crippen molar-refractivity contribution < 1.29 is 0 Å². The van der Waals surface area contributed by atoms with Crippen LogP contribution in [0.4, 0.5) is 11.5 Å². The summed E-state index contributed by atoms with van der Waals surface area (Å²) >= 11 is 0. The predicted octanol–water partition coefficient (Wildman–Crippen LogP) is 3.47. The van der Waals surface area contributed by atoms with Crippen LogP contribution in [0, 0.1) is 11.3 Å². The van der Waals surface area contributed by atoms with Crippen molar-refractivity contribution in [3.05, 3.63) is 59.4 Å². The first kappa shape index (κ1) is 21.3. The zero-order valence-electron chi connectivity index (χ0n) is 19.8. The molecule has 1 aromatic carbocycles. The Bertz CT molecular complexity index is 1270. The van der Waals surface area contributed by atoms with E-state index in [4.69, 9.17) is 4.98 Å². The second-order valence-corrected chi connectivity index (χ2v) is 10.0. The van der Waals surface area contributed by atoms with E-state index in [9.17, 15) is 5.26 Å². The Balaban J connectivity index is 1.21. The number of nitriles is 1. The Morgan fingerprint density at radius 2 is 2.06 bits per heavy atom. The van der Waals surface area contributed by atoms with Gasteiger partial charge in [-0.2, -0.15) is 5.26 Å². The van der Waals surface area contributed by atoms with Crippen LogP contribution in [0.15, 0.2) is 42.7 Å². The SMILES string of the molecule is C[C@@H]1NCCc2cnc(N[C@@H]3C[C@H]4CN(c5ccc(C#N)c6ncccc56)C[C@@H](C)N4C3)cc21. The normalized spacial score (nSPS) is 26.7. The summed E-state index contributed by atoms with van der Waals surface area (Å²) < 4.78 is 0. The smallest absolute Gasteiger partial charge is 0.126 e. The van der Waals surface area contributed by atoms with E-state index in [0.717, 1.165) is 55.7 Å². The molecule has 3 aliphatic heterocycles. The van der Waals surface area contributed by atoms with E-state index in [2.05, 4.69) is 69.7 Å². The average Bonchev–Trinajstić information content (AvgIpc) is 3.27. The van der Waals surface area contributed by atoms with Crippen LogP contribution < -0.4 is 15.5 Å². The van der Waals surface area contributed by atoms with Crippen molar-refractivity contribution in [1.82, 2.24) is 20.2 Å². The van der Waals surface area contributed by atoms with Gasteiger partial charge >= 0.3 is 0 Å². The molecule has 7 nitrogen and oxygen atoms in total. The summed E-state index contributed by atoms with van der Waals surface area (Å²) in [6.07, 6.45) is 5.98. The van der Waals surface area contributed by atoms with Crippen LogP contribution in [0.25, 0.3) is 10.9 Å². The fourth-order valence-electron chi connectivity index (χ4n) is 6.17. The van der Waals surface area contributed by atoms with Gasteiger partial charge in [-0.3, -0.25) is 9.88 Å². The molecule has 7 heteroatoms. The molecule has 3 aliphatic rings. The van der Waals surface area contributed by atoms with Gasteiger partial charge in [0.1, 0.15) is 11.9 Å². The third-order valence-corrected chi connectivity index (χ3v) is 7.83. The highest BCUT2D eigenvalue weighted by Gasteiger charge is 2.40. The van der Waals surface area contributed by atoms with Gasteiger partial charge in [0.2, 0.25) is 0 Å². The average molecular weight is 454 g/mol. The third-order valence-electron chi connectivity index (χ3n) is 7.83. The van der Waals surface area contributed by atoms with Crippen molar-refractivity contribution in [2.75, 3.05) is 36.4 Å². The molecule has 6 rings (SSSR count). The van der Waals surface area contributed by atoms with Crippen molar-refractivity contribution in [3.63, 3.8) is 0 Å². The highest BCUT2D eigenvalue weighted by Crippen LogP contribution is 2.34. The molecule has 2 fully saturated rings. The fourth-order valence-corrected chi connectivity index (χ4v) is 6.17. The quantitative estimate of drug-likeness (QED) is 0.629. The Kier molecular flexibility index (Phi) is 5.35. The number of benzene rings is 1. The van der Waals surface area contributed by atoms with Gasteiger partial charge in [-0.1, -0.05) is 0 Å². The van der Waals surface area contributed by atoms with E-state index in [1.165, 1.54) is 16.8 Å². The summed E-state index contributed by atoms with van der Waals surface area (Å²) in [7, 11) is 0. The lowest BCUT2D eigenvalue weighted by Crippen LogP contribution is -2.55. The molecule has 2 saturated heterocycles. The van der Waals surface area contributed by atoms with Crippen LogP contribution in [0.3, 0.4) is 0 Å². The van der Waals surface area contributed by atoms with Crippen LogP contribution in [0.2, 0.25) is 0 Å². The van der Waals surface area contributed by atoms with Crippen LogP contribution in [-0.2, 0) is 6.42 Å². The van der Waals surface area contributed by atoms with Crippen LogP contribution >= 0.6 is 0 Å². The standard InChI is InChI=1S/C27H31N7/c1-17-14-33(25-6-5-19(12-28)27-23(25)4-3-8-30-27)16-22-10-21(15-34(17)22)32-26-11-24-18(2)29-9-7-20(24)13-31-26/h3-6,8,11,13,17-18,21-22,29H,7,9-10,14-16H2,1-2H3,(H,31,32)/t17-,18+,21-,22+/m1/s1. The number of aromatic nitrogens is 2. The van der Waals surface area contributed by atoms with Crippen molar-refractivity contribution in [2.45, 2.75) is 50.9 Å². The zero-order chi connectivity index (χ0) is 23.2. The second kappa shape index (κ2) is 8.53. The molecule has 0 aliphatic carbocycles. The molecule has 3 aromatic rings. The summed E-state index contributed by atoms with van der Waals surface area (Å²) in [6.45, 7) is 8.59. The van der Waals surface area contributed by atoms with E-state index in [0.29, 0.717) is 29.7 Å². The van der Waals surface area contributed by atoms with Crippen molar-refractivity contribution in [3.8, 4) is 6.07 Å². The number of nitrogens with zero attached hydrogens (tertiary/aromatic N) is 5. The lowest BCUT2D eigenvalue weighted by Gasteiger charge is -2.43. The first-order valence-electron chi connectivity index (χ1n) is 12.4. The summed E-state index contributed by atoms with van der Waals surface area (Å²) in [4.78, 5) is 14.4. The lowest BCUT2D eigenvalue weighted by molar-refractivity contribution is 0.166. The van der Waals surface area contributed by atoms with Crippen LogP contribution in [0.1, 0.15) is 43.0 Å². The molecule has 0 unspecified atom stereocenters. The van der Waals surface area contributed by atoms with Gasteiger partial charge in [0.25, 0.3) is 0 Å². The number of pyridine rings is 2.